The second-order valence-electron chi connectivity index (χ2n) is 7.10. The number of hydrogen-bond acceptors (Lipinski definition) is 4. The van der Waals surface area contributed by atoms with Crippen LogP contribution in [-0.2, 0) is 0 Å². The van der Waals surface area contributed by atoms with E-state index in [1.165, 1.54) is 0 Å². The summed E-state index contributed by atoms with van der Waals surface area (Å²) in [6.45, 7) is 3.71. The summed E-state index contributed by atoms with van der Waals surface area (Å²) in [6, 6.07) is 20.9. The number of nitrogens with one attached hydrogen (secondary N) is 1. The third kappa shape index (κ3) is 7.51. The van der Waals surface area contributed by atoms with Crippen molar-refractivity contribution in [2.24, 2.45) is 0 Å². The van der Waals surface area contributed by atoms with Gasteiger partial charge in [-0.1, -0.05) is 82.8 Å². The number of ether oxygens (including phenoxy) is 2. The third-order valence-corrected chi connectivity index (χ3v) is 6.06. The number of para-hydroxylation sites is 2. The van der Waals surface area contributed by atoms with Crippen LogP contribution in [0.5, 0.6) is 11.5 Å². The molecule has 4 nitrogen and oxygen atoms in total. The van der Waals surface area contributed by atoms with Gasteiger partial charge in [-0.05, 0) is 49.3 Å². The first-order valence-corrected chi connectivity index (χ1v) is 11.7. The number of nitrogen functional groups attached to an aromatic ring is 1. The first kappa shape index (κ1) is 27.7. The zero-order valence-corrected chi connectivity index (χ0v) is 22.3. The molecule has 0 aliphatic heterocycles. The molecule has 3 N–H and O–H groups in total. The normalized spacial score (nSPS) is 9.88. The van der Waals surface area contributed by atoms with E-state index >= 15 is 0 Å². The molecule has 3 aromatic rings. The summed E-state index contributed by atoms with van der Waals surface area (Å²) in [7, 11) is 3.21. The second-order valence-corrected chi connectivity index (χ2v) is 9.00. The maximum atomic E-state index is 5.91. The lowest BCUT2D eigenvalue weighted by Crippen LogP contribution is -1.97. The lowest BCUT2D eigenvalue weighted by molar-refractivity contribution is 0.355. The van der Waals surface area contributed by atoms with Crippen LogP contribution in [0.3, 0.4) is 0 Å². The molecule has 0 atom stereocenters. The van der Waals surface area contributed by atoms with Crippen molar-refractivity contribution in [1.29, 1.82) is 0 Å². The van der Waals surface area contributed by atoms with Gasteiger partial charge in [-0.15, -0.1) is 0 Å². The molecule has 180 valence electrons. The minimum absolute atomic E-state index is 0.251. The number of nitrogens with two attached hydrogens (primary N) is 1. The highest BCUT2D eigenvalue weighted by molar-refractivity contribution is 6.58. The van der Waals surface area contributed by atoms with Crippen LogP contribution in [0, 0.1) is 0 Å². The van der Waals surface area contributed by atoms with Crippen LogP contribution in [-0.4, -0.2) is 14.2 Å². The van der Waals surface area contributed by atoms with Crippen molar-refractivity contribution in [2.45, 2.75) is 13.8 Å². The summed E-state index contributed by atoms with van der Waals surface area (Å²) in [5.41, 5.74) is 11.6. The summed E-state index contributed by atoms with van der Waals surface area (Å²) in [5, 5.41) is 3.35. The van der Waals surface area contributed by atoms with E-state index in [0.717, 1.165) is 33.6 Å². The van der Waals surface area contributed by atoms with Gasteiger partial charge in [0, 0.05) is 34.3 Å². The van der Waals surface area contributed by atoms with Crippen molar-refractivity contribution in [3.63, 3.8) is 0 Å². The van der Waals surface area contributed by atoms with Crippen LogP contribution in [0.2, 0.25) is 0 Å². The molecule has 0 aromatic heterocycles. The van der Waals surface area contributed by atoms with Gasteiger partial charge in [-0.2, -0.15) is 0 Å². The minimum atomic E-state index is 0.251. The molecule has 0 saturated carbocycles. The van der Waals surface area contributed by atoms with Gasteiger partial charge in [-0.3, -0.25) is 0 Å². The van der Waals surface area contributed by atoms with Gasteiger partial charge >= 0.3 is 0 Å². The molecule has 0 unspecified atom stereocenters. The van der Waals surface area contributed by atoms with Gasteiger partial charge in [0.25, 0.3) is 0 Å². The number of hydrogen-bond donors (Lipinski definition) is 2. The molecule has 3 rings (SSSR count). The van der Waals surface area contributed by atoms with Gasteiger partial charge < -0.3 is 20.5 Å². The summed E-state index contributed by atoms with van der Waals surface area (Å²) in [6.07, 6.45) is 0. The number of halogens is 4. The molecule has 0 saturated heterocycles. The maximum absolute atomic E-state index is 5.91. The van der Waals surface area contributed by atoms with Crippen LogP contribution in [0.1, 0.15) is 25.0 Å². The van der Waals surface area contributed by atoms with Gasteiger partial charge in [-0.25, -0.2) is 0 Å². The highest BCUT2D eigenvalue weighted by Crippen LogP contribution is 2.34. The van der Waals surface area contributed by atoms with Crippen LogP contribution < -0.4 is 20.5 Å². The standard InChI is InChI=1S/C17H17Cl2NO2.C9H9Cl2N/c1-11(17(18)19)13-6-4-5-7-14(13)20-12-8-9-15(21-2)16(10-12)22-3;1-6(9(10)11)7-4-2-3-5-8(7)12/h4-10,20H,1-3H3;2-5H,12H2,1H3. The van der Waals surface area contributed by atoms with Crippen molar-refractivity contribution in [3.8, 4) is 11.5 Å². The molecule has 0 aliphatic carbocycles. The summed E-state index contributed by atoms with van der Waals surface area (Å²) in [5.74, 6) is 1.34. The number of allylic oxidation sites excluding steroid dienone is 2. The molecule has 34 heavy (non-hydrogen) atoms. The first-order chi connectivity index (χ1) is 16.2. The highest BCUT2D eigenvalue weighted by Gasteiger charge is 2.09. The van der Waals surface area contributed by atoms with Crippen molar-refractivity contribution in [1.82, 2.24) is 0 Å². The first-order valence-electron chi connectivity index (χ1n) is 10.2. The van der Waals surface area contributed by atoms with Crippen LogP contribution >= 0.6 is 46.4 Å². The molecule has 0 aliphatic rings. The third-order valence-electron chi connectivity index (χ3n) is 4.93. The van der Waals surface area contributed by atoms with Gasteiger partial charge in [0.2, 0.25) is 0 Å². The zero-order chi connectivity index (χ0) is 25.3. The Hall–Kier alpha value is -2.50. The average molecular weight is 540 g/mol. The minimum Gasteiger partial charge on any atom is -0.493 e. The topological polar surface area (TPSA) is 56.5 Å². The van der Waals surface area contributed by atoms with Crippen LogP contribution in [0.25, 0.3) is 11.1 Å². The van der Waals surface area contributed by atoms with E-state index in [4.69, 9.17) is 61.6 Å². The van der Waals surface area contributed by atoms with Crippen molar-refractivity contribution in [3.05, 3.63) is 86.8 Å². The average Bonchev–Trinajstić information content (AvgIpc) is 2.84. The Morgan fingerprint density at radius 1 is 0.706 bits per heavy atom. The fourth-order valence-corrected chi connectivity index (χ4v) is 3.44. The van der Waals surface area contributed by atoms with Crippen molar-refractivity contribution < 1.29 is 9.47 Å². The van der Waals surface area contributed by atoms with E-state index in [1.807, 2.05) is 80.6 Å². The van der Waals surface area contributed by atoms with Crippen LogP contribution in [0.4, 0.5) is 17.1 Å². The van der Waals surface area contributed by atoms with Crippen LogP contribution in [0.15, 0.2) is 75.7 Å². The quantitative estimate of drug-likeness (QED) is 0.307. The highest BCUT2D eigenvalue weighted by atomic mass is 35.5. The molecular weight excluding hydrogens is 514 g/mol. The Kier molecular flexibility index (Phi) is 10.9. The molecule has 0 bridgehead atoms. The Balaban J connectivity index is 0.000000287. The van der Waals surface area contributed by atoms with Crippen molar-refractivity contribution >= 4 is 74.6 Å². The van der Waals surface area contributed by atoms with Crippen molar-refractivity contribution in [2.75, 3.05) is 25.3 Å². The monoisotopic (exact) mass is 538 g/mol. The largest absolute Gasteiger partial charge is 0.493 e. The van der Waals surface area contributed by atoms with E-state index in [-0.39, 0.29) is 8.98 Å². The number of methoxy groups -OCH3 is 2. The Morgan fingerprint density at radius 3 is 1.79 bits per heavy atom. The number of anilines is 3. The number of rotatable bonds is 6. The molecular formula is C26H26Cl4N2O2. The van der Waals surface area contributed by atoms with E-state index in [2.05, 4.69) is 5.32 Å². The lowest BCUT2D eigenvalue weighted by Gasteiger charge is -2.14. The maximum Gasteiger partial charge on any atom is 0.162 e. The van der Waals surface area contributed by atoms with E-state index in [9.17, 15) is 0 Å². The van der Waals surface area contributed by atoms with Gasteiger partial charge in [0.1, 0.15) is 8.98 Å². The summed E-state index contributed by atoms with van der Waals surface area (Å²) < 4.78 is 11.1. The summed E-state index contributed by atoms with van der Waals surface area (Å²) in [4.78, 5) is 0. The Labute approximate surface area is 220 Å². The van der Waals surface area contributed by atoms with E-state index < -0.39 is 0 Å². The van der Waals surface area contributed by atoms with E-state index in [1.54, 1.807) is 14.2 Å². The fourth-order valence-electron chi connectivity index (χ4n) is 3.03. The summed E-state index contributed by atoms with van der Waals surface area (Å²) >= 11 is 23.1. The Bertz CT molecular complexity index is 1180. The number of benzene rings is 3. The molecule has 8 heteroatoms. The fraction of sp³-hybridized carbons (Fsp3) is 0.154. The molecule has 3 aromatic carbocycles. The zero-order valence-electron chi connectivity index (χ0n) is 19.3. The van der Waals surface area contributed by atoms with Gasteiger partial charge in [0.15, 0.2) is 11.5 Å². The lowest BCUT2D eigenvalue weighted by atomic mass is 10.1. The van der Waals surface area contributed by atoms with Gasteiger partial charge in [0.05, 0.1) is 14.2 Å². The molecule has 0 spiro atoms. The SMILES string of the molecule is CC(=C(Cl)Cl)c1ccccc1N.COc1ccc(Nc2ccccc2C(C)=C(Cl)Cl)cc1OC. The molecule has 0 radical (unpaired) electrons. The Morgan fingerprint density at radius 2 is 1.24 bits per heavy atom. The molecule has 0 amide bonds. The van der Waals surface area contributed by atoms with E-state index in [0.29, 0.717) is 17.2 Å². The smallest absolute Gasteiger partial charge is 0.162 e. The molecule has 0 heterocycles. The molecule has 0 fully saturated rings. The second kappa shape index (κ2) is 13.4. The predicted octanol–water partition coefficient (Wildman–Crippen LogP) is 9.05. The predicted molar refractivity (Wildman–Crippen MR) is 149 cm³/mol.